The smallest absolute Gasteiger partial charge is 0.407 e. The molecular formula is C7H14N2O3. The topological polar surface area (TPSA) is 86.8 Å². The van der Waals surface area contributed by atoms with Crippen molar-refractivity contribution in [2.75, 3.05) is 19.7 Å². The molecule has 0 saturated carbocycles. The molecule has 0 radical (unpaired) electrons. The summed E-state index contributed by atoms with van der Waals surface area (Å²) in [6, 6.07) is 0. The molecule has 70 valence electrons. The van der Waals surface area contributed by atoms with Gasteiger partial charge in [0.05, 0.1) is 6.61 Å². The fourth-order valence-corrected chi connectivity index (χ4v) is 1.30. The number of nitrogens with zero attached hydrogens (tertiary/aromatic N) is 1. The second kappa shape index (κ2) is 3.28. The van der Waals surface area contributed by atoms with Crippen LogP contribution < -0.4 is 5.73 Å². The summed E-state index contributed by atoms with van der Waals surface area (Å²) in [7, 11) is 0. The zero-order valence-corrected chi connectivity index (χ0v) is 6.86. The van der Waals surface area contributed by atoms with Crippen LogP contribution in [0.1, 0.15) is 12.8 Å². The lowest BCUT2D eigenvalue weighted by molar-refractivity contribution is 0.0929. The van der Waals surface area contributed by atoms with Gasteiger partial charge in [-0.3, -0.25) is 0 Å². The number of likely N-dealkylation sites (tertiary alicyclic amines) is 1. The Morgan fingerprint density at radius 1 is 1.50 bits per heavy atom. The highest BCUT2D eigenvalue weighted by Crippen LogP contribution is 2.18. The molecule has 0 spiro atoms. The van der Waals surface area contributed by atoms with E-state index in [2.05, 4.69) is 0 Å². The Morgan fingerprint density at radius 3 is 2.33 bits per heavy atom. The Kier molecular flexibility index (Phi) is 2.54. The number of hydrogen-bond acceptors (Lipinski definition) is 3. The second-order valence-corrected chi connectivity index (χ2v) is 3.29. The van der Waals surface area contributed by atoms with Crippen molar-refractivity contribution in [3.8, 4) is 0 Å². The number of piperidine rings is 1. The van der Waals surface area contributed by atoms with Gasteiger partial charge in [-0.15, -0.1) is 0 Å². The molecule has 1 rings (SSSR count). The van der Waals surface area contributed by atoms with Gasteiger partial charge in [0.25, 0.3) is 0 Å². The number of rotatable bonds is 1. The van der Waals surface area contributed by atoms with Crippen LogP contribution in [0.5, 0.6) is 0 Å². The maximum Gasteiger partial charge on any atom is 0.407 e. The lowest BCUT2D eigenvalue weighted by Gasteiger charge is -2.36. The van der Waals surface area contributed by atoms with Crippen LogP contribution in [0.2, 0.25) is 0 Å². The van der Waals surface area contributed by atoms with Crippen LogP contribution in [0.4, 0.5) is 4.79 Å². The normalized spacial score (nSPS) is 22.3. The van der Waals surface area contributed by atoms with Gasteiger partial charge >= 0.3 is 6.09 Å². The monoisotopic (exact) mass is 174 g/mol. The first-order valence-electron chi connectivity index (χ1n) is 3.95. The zero-order chi connectivity index (χ0) is 9.19. The average molecular weight is 174 g/mol. The van der Waals surface area contributed by atoms with Crippen LogP contribution in [-0.2, 0) is 0 Å². The van der Waals surface area contributed by atoms with E-state index in [0.29, 0.717) is 25.9 Å². The molecular weight excluding hydrogens is 160 g/mol. The van der Waals surface area contributed by atoms with Gasteiger partial charge in [-0.05, 0) is 12.8 Å². The molecule has 0 aromatic heterocycles. The summed E-state index contributed by atoms with van der Waals surface area (Å²) >= 11 is 0. The van der Waals surface area contributed by atoms with Gasteiger partial charge in [-0.25, -0.2) is 4.79 Å². The van der Waals surface area contributed by atoms with Crippen LogP contribution in [0.15, 0.2) is 0 Å². The zero-order valence-electron chi connectivity index (χ0n) is 6.86. The second-order valence-electron chi connectivity index (χ2n) is 3.29. The van der Waals surface area contributed by atoms with E-state index in [9.17, 15) is 4.79 Å². The van der Waals surface area contributed by atoms with E-state index in [1.807, 2.05) is 0 Å². The molecule has 1 fully saturated rings. The molecule has 1 amide bonds. The van der Waals surface area contributed by atoms with E-state index >= 15 is 0 Å². The standard InChI is InChI=1S/C7H14N2O3/c8-7(5-10)1-3-9(4-2-7)6(11)12/h10H,1-5,8H2,(H,11,12). The highest BCUT2D eigenvalue weighted by molar-refractivity contribution is 5.65. The summed E-state index contributed by atoms with van der Waals surface area (Å²) in [6.45, 7) is 0.777. The maximum absolute atomic E-state index is 10.5. The SMILES string of the molecule is NC1(CO)CCN(C(=O)O)CC1. The average Bonchev–Trinajstić information content (AvgIpc) is 2.05. The third kappa shape index (κ3) is 1.86. The molecule has 0 aromatic carbocycles. The Hall–Kier alpha value is -0.810. The molecule has 0 aromatic rings. The van der Waals surface area contributed by atoms with E-state index in [0.717, 1.165) is 0 Å². The predicted molar refractivity (Wildman–Crippen MR) is 42.8 cm³/mol. The quantitative estimate of drug-likeness (QED) is 0.497. The maximum atomic E-state index is 10.5. The number of nitrogens with two attached hydrogens (primary N) is 1. The van der Waals surface area contributed by atoms with Crippen molar-refractivity contribution in [1.29, 1.82) is 0 Å². The van der Waals surface area contributed by atoms with E-state index in [1.165, 1.54) is 4.90 Å². The fraction of sp³-hybridized carbons (Fsp3) is 0.857. The Balaban J connectivity index is 2.44. The fourth-order valence-electron chi connectivity index (χ4n) is 1.30. The lowest BCUT2D eigenvalue weighted by atomic mass is 9.90. The van der Waals surface area contributed by atoms with E-state index in [-0.39, 0.29) is 6.61 Å². The van der Waals surface area contributed by atoms with E-state index < -0.39 is 11.6 Å². The number of carbonyl (C=O) groups is 1. The first-order valence-corrected chi connectivity index (χ1v) is 3.95. The first kappa shape index (κ1) is 9.28. The molecule has 1 saturated heterocycles. The molecule has 0 atom stereocenters. The Labute approximate surface area is 70.8 Å². The third-order valence-corrected chi connectivity index (χ3v) is 2.34. The van der Waals surface area contributed by atoms with Gasteiger partial charge in [-0.1, -0.05) is 0 Å². The molecule has 0 bridgehead atoms. The molecule has 5 heteroatoms. The van der Waals surface area contributed by atoms with Crippen molar-refractivity contribution in [3.63, 3.8) is 0 Å². The third-order valence-electron chi connectivity index (χ3n) is 2.34. The van der Waals surface area contributed by atoms with Gasteiger partial charge in [0.2, 0.25) is 0 Å². The first-order chi connectivity index (χ1) is 5.57. The minimum atomic E-state index is -0.907. The van der Waals surface area contributed by atoms with Crippen molar-refractivity contribution in [1.82, 2.24) is 4.90 Å². The van der Waals surface area contributed by atoms with Gasteiger partial charge in [0, 0.05) is 18.6 Å². The predicted octanol–water partition coefficient (Wildman–Crippen LogP) is -0.550. The minimum Gasteiger partial charge on any atom is -0.465 e. The molecule has 1 aliphatic heterocycles. The number of hydrogen-bond donors (Lipinski definition) is 3. The van der Waals surface area contributed by atoms with Crippen molar-refractivity contribution in [2.45, 2.75) is 18.4 Å². The molecule has 1 heterocycles. The Bertz CT molecular complexity index is 175. The lowest BCUT2D eigenvalue weighted by Crippen LogP contribution is -2.53. The summed E-state index contributed by atoms with van der Waals surface area (Å²) in [6.07, 6.45) is 0.168. The van der Waals surface area contributed by atoms with Crippen LogP contribution in [0.3, 0.4) is 0 Å². The summed E-state index contributed by atoms with van der Waals surface area (Å²) in [5, 5.41) is 17.5. The largest absolute Gasteiger partial charge is 0.465 e. The number of aliphatic hydroxyl groups excluding tert-OH is 1. The van der Waals surface area contributed by atoms with Crippen LogP contribution >= 0.6 is 0 Å². The van der Waals surface area contributed by atoms with Crippen molar-refractivity contribution < 1.29 is 15.0 Å². The van der Waals surface area contributed by atoms with Crippen LogP contribution in [-0.4, -0.2) is 46.4 Å². The Morgan fingerprint density at radius 2 is 2.00 bits per heavy atom. The van der Waals surface area contributed by atoms with Crippen molar-refractivity contribution >= 4 is 6.09 Å². The van der Waals surface area contributed by atoms with Crippen molar-refractivity contribution in [2.24, 2.45) is 5.73 Å². The summed E-state index contributed by atoms with van der Waals surface area (Å²) in [5.74, 6) is 0. The van der Waals surface area contributed by atoms with Crippen LogP contribution in [0, 0.1) is 0 Å². The van der Waals surface area contributed by atoms with Crippen molar-refractivity contribution in [3.05, 3.63) is 0 Å². The van der Waals surface area contributed by atoms with Gasteiger partial charge in [0.15, 0.2) is 0 Å². The van der Waals surface area contributed by atoms with E-state index in [1.54, 1.807) is 0 Å². The van der Waals surface area contributed by atoms with Gasteiger partial charge in [0.1, 0.15) is 0 Å². The minimum absolute atomic E-state index is 0.0690. The molecule has 12 heavy (non-hydrogen) atoms. The molecule has 4 N–H and O–H groups in total. The highest BCUT2D eigenvalue weighted by atomic mass is 16.4. The number of amides is 1. The summed E-state index contributed by atoms with van der Waals surface area (Å²) < 4.78 is 0. The summed E-state index contributed by atoms with van der Waals surface area (Å²) in [5.41, 5.74) is 5.19. The molecule has 1 aliphatic rings. The number of carboxylic acid groups (broad SMARTS) is 1. The molecule has 5 nitrogen and oxygen atoms in total. The molecule has 0 unspecified atom stereocenters. The van der Waals surface area contributed by atoms with Gasteiger partial charge < -0.3 is 20.8 Å². The highest BCUT2D eigenvalue weighted by Gasteiger charge is 2.31. The van der Waals surface area contributed by atoms with E-state index in [4.69, 9.17) is 15.9 Å². The number of aliphatic hydroxyl groups is 1. The van der Waals surface area contributed by atoms with Crippen LogP contribution in [0.25, 0.3) is 0 Å². The summed E-state index contributed by atoms with van der Waals surface area (Å²) in [4.78, 5) is 11.8. The molecule has 0 aliphatic carbocycles. The van der Waals surface area contributed by atoms with Gasteiger partial charge in [-0.2, -0.15) is 0 Å².